The van der Waals surface area contributed by atoms with Crippen molar-refractivity contribution in [3.05, 3.63) is 70.1 Å². The molecule has 2 N–H and O–H groups in total. The lowest BCUT2D eigenvalue weighted by molar-refractivity contribution is 0.0693. The molecule has 0 saturated carbocycles. The highest BCUT2D eigenvalue weighted by molar-refractivity contribution is 5.97. The van der Waals surface area contributed by atoms with Gasteiger partial charge < -0.3 is 14.9 Å². The summed E-state index contributed by atoms with van der Waals surface area (Å²) in [6.07, 6.45) is 5.50. The Morgan fingerprint density at radius 1 is 1.19 bits per heavy atom. The summed E-state index contributed by atoms with van der Waals surface area (Å²) < 4.78 is 18.7. The van der Waals surface area contributed by atoms with Crippen molar-refractivity contribution in [3.8, 4) is 11.5 Å². The standard InChI is InChI=1S/C22H23FO4/c1-4-27-19-13-16(9-6-15-7-10-17(23)11-8-15)20(22(25)26)21(24)18(19)12-5-14(2)3/h5-11,13,24H,4,12H2,1-3H3,(H,25,26)/b9-6+. The van der Waals surface area contributed by atoms with Gasteiger partial charge >= 0.3 is 5.97 Å². The molecule has 0 atom stereocenters. The van der Waals surface area contributed by atoms with Gasteiger partial charge in [-0.3, -0.25) is 0 Å². The molecule has 2 aromatic rings. The summed E-state index contributed by atoms with van der Waals surface area (Å²) in [7, 11) is 0. The minimum Gasteiger partial charge on any atom is -0.507 e. The van der Waals surface area contributed by atoms with Crippen LogP contribution in [0.5, 0.6) is 11.5 Å². The summed E-state index contributed by atoms with van der Waals surface area (Å²) >= 11 is 0. The Balaban J connectivity index is 2.56. The Kier molecular flexibility index (Phi) is 6.77. The first-order valence-corrected chi connectivity index (χ1v) is 8.65. The molecule has 27 heavy (non-hydrogen) atoms. The van der Waals surface area contributed by atoms with Crippen LogP contribution in [0.2, 0.25) is 0 Å². The van der Waals surface area contributed by atoms with Crippen LogP contribution in [0.3, 0.4) is 0 Å². The minimum absolute atomic E-state index is 0.186. The van der Waals surface area contributed by atoms with Crippen LogP contribution in [0.25, 0.3) is 12.2 Å². The molecule has 142 valence electrons. The van der Waals surface area contributed by atoms with E-state index in [9.17, 15) is 19.4 Å². The predicted molar refractivity (Wildman–Crippen MR) is 105 cm³/mol. The number of phenols is 1. The second-order valence-corrected chi connectivity index (χ2v) is 6.27. The number of carbonyl (C=O) groups is 1. The zero-order valence-corrected chi connectivity index (χ0v) is 15.6. The topological polar surface area (TPSA) is 66.8 Å². The third-order valence-corrected chi connectivity index (χ3v) is 3.95. The highest BCUT2D eigenvalue weighted by Crippen LogP contribution is 2.36. The van der Waals surface area contributed by atoms with E-state index in [0.717, 1.165) is 5.57 Å². The molecule has 0 spiro atoms. The fraction of sp³-hybridized carbons (Fsp3) is 0.227. The molecule has 0 aromatic heterocycles. The summed E-state index contributed by atoms with van der Waals surface area (Å²) in [5.41, 5.74) is 2.32. The molecule has 0 aliphatic heterocycles. The Labute approximate surface area is 158 Å². The van der Waals surface area contributed by atoms with Crippen molar-refractivity contribution in [1.29, 1.82) is 0 Å². The van der Waals surface area contributed by atoms with E-state index in [2.05, 4.69) is 0 Å². The molecule has 4 nitrogen and oxygen atoms in total. The molecule has 0 aliphatic rings. The smallest absolute Gasteiger partial charge is 0.340 e. The van der Waals surface area contributed by atoms with Gasteiger partial charge in [-0.1, -0.05) is 35.9 Å². The van der Waals surface area contributed by atoms with Crippen molar-refractivity contribution in [2.75, 3.05) is 6.61 Å². The van der Waals surface area contributed by atoms with Crippen LogP contribution in [0.1, 0.15) is 47.8 Å². The van der Waals surface area contributed by atoms with E-state index in [-0.39, 0.29) is 17.1 Å². The van der Waals surface area contributed by atoms with Gasteiger partial charge in [0, 0.05) is 5.56 Å². The van der Waals surface area contributed by atoms with E-state index < -0.39 is 5.97 Å². The fourth-order valence-electron chi connectivity index (χ4n) is 2.61. The summed E-state index contributed by atoms with van der Waals surface area (Å²) in [6, 6.07) is 7.42. The lowest BCUT2D eigenvalue weighted by atomic mass is 9.97. The number of allylic oxidation sites excluding steroid dienone is 2. The van der Waals surface area contributed by atoms with Crippen LogP contribution in [-0.4, -0.2) is 22.8 Å². The number of aromatic hydroxyl groups is 1. The quantitative estimate of drug-likeness (QED) is 0.512. The van der Waals surface area contributed by atoms with E-state index in [4.69, 9.17) is 4.74 Å². The number of hydrogen-bond acceptors (Lipinski definition) is 3. The number of halogens is 1. The Hall–Kier alpha value is -3.08. The third-order valence-electron chi connectivity index (χ3n) is 3.95. The first-order valence-electron chi connectivity index (χ1n) is 8.65. The van der Waals surface area contributed by atoms with Crippen LogP contribution in [-0.2, 0) is 6.42 Å². The maximum atomic E-state index is 13.0. The average molecular weight is 370 g/mol. The van der Waals surface area contributed by atoms with Gasteiger partial charge in [-0.05, 0) is 56.5 Å². The largest absolute Gasteiger partial charge is 0.507 e. The molecule has 2 aromatic carbocycles. The van der Waals surface area contributed by atoms with Crippen LogP contribution < -0.4 is 4.74 Å². The highest BCUT2D eigenvalue weighted by Gasteiger charge is 2.21. The van der Waals surface area contributed by atoms with Gasteiger partial charge in [0.05, 0.1) is 6.61 Å². The summed E-state index contributed by atoms with van der Waals surface area (Å²) in [5, 5.41) is 20.2. The average Bonchev–Trinajstić information content (AvgIpc) is 2.60. The van der Waals surface area contributed by atoms with Gasteiger partial charge in [-0.15, -0.1) is 0 Å². The van der Waals surface area contributed by atoms with Gasteiger partial charge in [0.15, 0.2) is 0 Å². The lowest BCUT2D eigenvalue weighted by Crippen LogP contribution is -2.06. The summed E-state index contributed by atoms with van der Waals surface area (Å²) in [6.45, 7) is 6.06. The molecule has 0 bridgehead atoms. The fourth-order valence-corrected chi connectivity index (χ4v) is 2.61. The second-order valence-electron chi connectivity index (χ2n) is 6.27. The molecular formula is C22H23FO4. The molecule has 0 saturated heterocycles. The van der Waals surface area contributed by atoms with Gasteiger partial charge in [0.25, 0.3) is 0 Å². The van der Waals surface area contributed by atoms with Crippen molar-refractivity contribution >= 4 is 18.1 Å². The number of rotatable bonds is 7. The Morgan fingerprint density at radius 2 is 1.85 bits per heavy atom. The maximum Gasteiger partial charge on any atom is 0.340 e. The molecule has 2 rings (SSSR count). The van der Waals surface area contributed by atoms with E-state index >= 15 is 0 Å². The number of hydrogen-bond donors (Lipinski definition) is 2. The Morgan fingerprint density at radius 3 is 2.41 bits per heavy atom. The first kappa shape index (κ1) is 20.2. The number of aromatic carboxylic acids is 1. The zero-order valence-electron chi connectivity index (χ0n) is 15.6. The SMILES string of the molecule is CCOc1cc(/C=C/c2ccc(F)cc2)c(C(=O)O)c(O)c1CC=C(C)C. The minimum atomic E-state index is -1.23. The molecule has 0 unspecified atom stereocenters. The first-order chi connectivity index (χ1) is 12.8. The third kappa shape index (κ3) is 5.20. The summed E-state index contributed by atoms with van der Waals surface area (Å²) in [4.78, 5) is 11.8. The normalized spacial score (nSPS) is 10.8. The predicted octanol–water partition coefficient (Wildman–Crippen LogP) is 5.31. The van der Waals surface area contributed by atoms with E-state index in [0.29, 0.717) is 35.5 Å². The van der Waals surface area contributed by atoms with Crippen LogP contribution in [0.15, 0.2) is 42.0 Å². The molecule has 0 radical (unpaired) electrons. The van der Waals surface area contributed by atoms with Gasteiger partial charge in [0.2, 0.25) is 0 Å². The molecule has 0 aliphatic carbocycles. The molecular weight excluding hydrogens is 347 g/mol. The zero-order chi connectivity index (χ0) is 20.0. The number of carboxylic acid groups (broad SMARTS) is 1. The molecule has 0 heterocycles. The Bertz CT molecular complexity index is 876. The van der Waals surface area contributed by atoms with Crippen molar-refractivity contribution in [1.82, 2.24) is 0 Å². The second kappa shape index (κ2) is 9.03. The van der Waals surface area contributed by atoms with Gasteiger partial charge in [-0.25, -0.2) is 9.18 Å². The number of ether oxygens (including phenoxy) is 1. The van der Waals surface area contributed by atoms with Crippen LogP contribution >= 0.6 is 0 Å². The number of benzene rings is 2. The molecule has 5 heteroatoms. The molecule has 0 fully saturated rings. The van der Waals surface area contributed by atoms with Crippen molar-refractivity contribution in [2.24, 2.45) is 0 Å². The maximum absolute atomic E-state index is 13.0. The molecule has 0 amide bonds. The monoisotopic (exact) mass is 370 g/mol. The van der Waals surface area contributed by atoms with Crippen LogP contribution in [0.4, 0.5) is 4.39 Å². The van der Waals surface area contributed by atoms with Crippen molar-refractivity contribution in [3.63, 3.8) is 0 Å². The van der Waals surface area contributed by atoms with E-state index in [1.54, 1.807) is 30.4 Å². The van der Waals surface area contributed by atoms with Gasteiger partial charge in [0.1, 0.15) is 22.9 Å². The van der Waals surface area contributed by atoms with Gasteiger partial charge in [-0.2, -0.15) is 0 Å². The van der Waals surface area contributed by atoms with Crippen molar-refractivity contribution < 1.29 is 24.1 Å². The van der Waals surface area contributed by atoms with Crippen LogP contribution in [0, 0.1) is 5.82 Å². The van der Waals surface area contributed by atoms with E-state index in [1.165, 1.54) is 12.1 Å². The van der Waals surface area contributed by atoms with E-state index in [1.807, 2.05) is 26.8 Å². The lowest BCUT2D eigenvalue weighted by Gasteiger charge is -2.15. The highest BCUT2D eigenvalue weighted by atomic mass is 19.1. The van der Waals surface area contributed by atoms with Crippen molar-refractivity contribution in [2.45, 2.75) is 27.2 Å². The number of carboxylic acids is 1. The summed E-state index contributed by atoms with van der Waals surface area (Å²) in [5.74, 6) is -1.44.